The van der Waals surface area contributed by atoms with E-state index in [1.54, 1.807) is 30.3 Å². The van der Waals surface area contributed by atoms with E-state index in [4.69, 9.17) is 0 Å². The van der Waals surface area contributed by atoms with Gasteiger partial charge >= 0.3 is 0 Å². The SMILES string of the molecule is O=C(C=C1SC(=O)N(CC(=O)Nc2ccccc2)C1=O)Nc1ccc(F)cc1. The number of anilines is 2. The topological polar surface area (TPSA) is 95.6 Å². The van der Waals surface area contributed by atoms with E-state index < -0.39 is 35.3 Å². The van der Waals surface area contributed by atoms with Gasteiger partial charge in [-0.25, -0.2) is 4.39 Å². The summed E-state index contributed by atoms with van der Waals surface area (Å²) in [4.78, 5) is 49.1. The molecule has 0 unspecified atom stereocenters. The van der Waals surface area contributed by atoms with E-state index in [0.717, 1.165) is 11.0 Å². The third-order valence-corrected chi connectivity index (χ3v) is 4.51. The van der Waals surface area contributed by atoms with Crippen molar-refractivity contribution in [3.8, 4) is 0 Å². The Morgan fingerprint density at radius 3 is 2.29 bits per heavy atom. The molecule has 0 aliphatic carbocycles. The van der Waals surface area contributed by atoms with Gasteiger partial charge in [0.1, 0.15) is 12.4 Å². The number of amides is 4. The average molecular weight is 399 g/mol. The van der Waals surface area contributed by atoms with E-state index in [0.29, 0.717) is 23.1 Å². The minimum absolute atomic E-state index is 0.0999. The number of carbonyl (C=O) groups is 4. The van der Waals surface area contributed by atoms with Crippen molar-refractivity contribution < 1.29 is 23.6 Å². The second kappa shape index (κ2) is 8.49. The van der Waals surface area contributed by atoms with Crippen LogP contribution in [0, 0.1) is 5.82 Å². The third kappa shape index (κ3) is 4.83. The predicted molar refractivity (Wildman–Crippen MR) is 103 cm³/mol. The van der Waals surface area contributed by atoms with Gasteiger partial charge in [0, 0.05) is 17.5 Å². The summed E-state index contributed by atoms with van der Waals surface area (Å²) >= 11 is 0.569. The number of nitrogens with zero attached hydrogens (tertiary/aromatic N) is 1. The van der Waals surface area contributed by atoms with Gasteiger partial charge < -0.3 is 10.6 Å². The summed E-state index contributed by atoms with van der Waals surface area (Å²) in [6.07, 6.45) is 0.976. The lowest BCUT2D eigenvalue weighted by Gasteiger charge is -2.12. The summed E-state index contributed by atoms with van der Waals surface area (Å²) < 4.78 is 12.9. The summed E-state index contributed by atoms with van der Waals surface area (Å²) in [5, 5.41) is 4.40. The Morgan fingerprint density at radius 2 is 1.61 bits per heavy atom. The van der Waals surface area contributed by atoms with Crippen LogP contribution in [0.3, 0.4) is 0 Å². The Morgan fingerprint density at radius 1 is 0.964 bits per heavy atom. The molecular formula is C19H14FN3O4S. The highest BCUT2D eigenvalue weighted by atomic mass is 32.2. The van der Waals surface area contributed by atoms with Gasteiger partial charge in [-0.2, -0.15) is 0 Å². The van der Waals surface area contributed by atoms with E-state index in [-0.39, 0.29) is 4.91 Å². The number of imide groups is 1. The van der Waals surface area contributed by atoms with Crippen LogP contribution in [0.1, 0.15) is 0 Å². The first-order chi connectivity index (χ1) is 13.4. The average Bonchev–Trinajstić information content (AvgIpc) is 2.92. The molecule has 1 aliphatic heterocycles. The van der Waals surface area contributed by atoms with E-state index in [1.165, 1.54) is 24.3 Å². The molecule has 1 heterocycles. The zero-order chi connectivity index (χ0) is 20.1. The van der Waals surface area contributed by atoms with Gasteiger partial charge in [-0.15, -0.1) is 0 Å². The quantitative estimate of drug-likeness (QED) is 0.754. The first-order valence-electron chi connectivity index (χ1n) is 8.09. The fourth-order valence-electron chi connectivity index (χ4n) is 2.33. The lowest BCUT2D eigenvalue weighted by atomic mass is 10.3. The molecule has 0 radical (unpaired) electrons. The molecule has 0 saturated carbocycles. The van der Waals surface area contributed by atoms with Crippen LogP contribution in [-0.2, 0) is 14.4 Å². The Kier molecular flexibility index (Phi) is 5.85. The van der Waals surface area contributed by atoms with E-state index in [2.05, 4.69) is 10.6 Å². The van der Waals surface area contributed by atoms with Crippen molar-refractivity contribution in [2.75, 3.05) is 17.2 Å². The van der Waals surface area contributed by atoms with Crippen molar-refractivity contribution in [2.24, 2.45) is 0 Å². The molecule has 9 heteroatoms. The Labute approximate surface area is 163 Å². The number of carbonyl (C=O) groups excluding carboxylic acids is 4. The third-order valence-electron chi connectivity index (χ3n) is 3.61. The van der Waals surface area contributed by atoms with Gasteiger partial charge in [-0.05, 0) is 48.2 Å². The Bertz CT molecular complexity index is 961. The first-order valence-corrected chi connectivity index (χ1v) is 8.91. The second-order valence-corrected chi connectivity index (χ2v) is 6.67. The fourth-order valence-corrected chi connectivity index (χ4v) is 3.14. The van der Waals surface area contributed by atoms with Crippen LogP contribution >= 0.6 is 11.8 Å². The molecule has 0 aromatic heterocycles. The number of nitrogens with one attached hydrogen (secondary N) is 2. The van der Waals surface area contributed by atoms with Crippen LogP contribution in [0.5, 0.6) is 0 Å². The van der Waals surface area contributed by atoms with E-state index >= 15 is 0 Å². The number of hydrogen-bond acceptors (Lipinski definition) is 5. The van der Waals surface area contributed by atoms with Crippen molar-refractivity contribution in [1.82, 2.24) is 4.90 Å². The normalized spacial score (nSPS) is 15.0. The summed E-state index contributed by atoms with van der Waals surface area (Å²) in [6.45, 7) is -0.462. The number of hydrogen-bond donors (Lipinski definition) is 2. The maximum atomic E-state index is 12.9. The van der Waals surface area contributed by atoms with Gasteiger partial charge in [0.05, 0.1) is 4.91 Å². The molecule has 3 rings (SSSR count). The molecule has 2 aromatic carbocycles. The second-order valence-electron chi connectivity index (χ2n) is 5.68. The van der Waals surface area contributed by atoms with E-state index in [1.807, 2.05) is 0 Å². The monoisotopic (exact) mass is 399 g/mol. The lowest BCUT2D eigenvalue weighted by molar-refractivity contribution is -0.127. The molecule has 0 bridgehead atoms. The van der Waals surface area contributed by atoms with Crippen molar-refractivity contribution >= 4 is 46.1 Å². The summed E-state index contributed by atoms with van der Waals surface area (Å²) in [6, 6.07) is 13.7. The highest BCUT2D eigenvalue weighted by Crippen LogP contribution is 2.30. The molecular weight excluding hydrogens is 385 g/mol. The summed E-state index contributed by atoms with van der Waals surface area (Å²) in [5.74, 6) is -2.36. The zero-order valence-corrected chi connectivity index (χ0v) is 15.2. The van der Waals surface area contributed by atoms with Crippen LogP contribution in [0.2, 0.25) is 0 Å². The maximum absolute atomic E-state index is 12.9. The van der Waals surface area contributed by atoms with Crippen LogP contribution in [0.25, 0.3) is 0 Å². The van der Waals surface area contributed by atoms with Crippen molar-refractivity contribution in [3.63, 3.8) is 0 Å². The first kappa shape index (κ1) is 19.3. The highest BCUT2D eigenvalue weighted by molar-refractivity contribution is 8.18. The van der Waals surface area contributed by atoms with Crippen molar-refractivity contribution in [1.29, 1.82) is 0 Å². The van der Waals surface area contributed by atoms with Gasteiger partial charge in [0.15, 0.2) is 0 Å². The molecule has 1 saturated heterocycles. The molecule has 142 valence electrons. The standard InChI is InChI=1S/C19H14FN3O4S/c20-12-6-8-14(9-7-12)21-16(24)10-15-18(26)23(19(27)28-15)11-17(25)22-13-4-2-1-3-5-13/h1-10H,11H2,(H,21,24)(H,22,25). The minimum atomic E-state index is -0.729. The number of benzene rings is 2. The van der Waals surface area contributed by atoms with Crippen molar-refractivity contribution in [2.45, 2.75) is 0 Å². The Hall–Kier alpha value is -3.46. The zero-order valence-electron chi connectivity index (χ0n) is 14.3. The van der Waals surface area contributed by atoms with Gasteiger partial charge in [0.2, 0.25) is 11.8 Å². The van der Waals surface area contributed by atoms with Crippen LogP contribution < -0.4 is 10.6 Å². The molecule has 7 nitrogen and oxygen atoms in total. The molecule has 2 aromatic rings. The molecule has 1 aliphatic rings. The smallest absolute Gasteiger partial charge is 0.294 e. The van der Waals surface area contributed by atoms with Gasteiger partial charge in [-0.1, -0.05) is 18.2 Å². The van der Waals surface area contributed by atoms with Crippen LogP contribution in [0.15, 0.2) is 65.6 Å². The van der Waals surface area contributed by atoms with Crippen molar-refractivity contribution in [3.05, 3.63) is 71.4 Å². The van der Waals surface area contributed by atoms with E-state index in [9.17, 15) is 23.6 Å². The van der Waals surface area contributed by atoms with Gasteiger partial charge in [0.25, 0.3) is 11.1 Å². The molecule has 0 spiro atoms. The number of halogens is 1. The predicted octanol–water partition coefficient (Wildman–Crippen LogP) is 2.98. The molecule has 4 amide bonds. The number of thioether (sulfide) groups is 1. The maximum Gasteiger partial charge on any atom is 0.294 e. The largest absolute Gasteiger partial charge is 0.325 e. The molecule has 1 fully saturated rings. The van der Waals surface area contributed by atoms with Crippen LogP contribution in [0.4, 0.5) is 20.6 Å². The summed E-state index contributed by atoms with van der Waals surface area (Å²) in [7, 11) is 0. The number of para-hydroxylation sites is 1. The van der Waals surface area contributed by atoms with Gasteiger partial charge in [-0.3, -0.25) is 24.1 Å². The fraction of sp³-hybridized carbons (Fsp3) is 0.0526. The van der Waals surface area contributed by atoms with Crippen LogP contribution in [-0.4, -0.2) is 34.4 Å². The molecule has 0 atom stereocenters. The Balaban J connectivity index is 1.62. The molecule has 2 N–H and O–H groups in total. The summed E-state index contributed by atoms with van der Waals surface area (Å²) in [5.41, 5.74) is 0.873. The molecule has 28 heavy (non-hydrogen) atoms. The minimum Gasteiger partial charge on any atom is -0.325 e. The highest BCUT2D eigenvalue weighted by Gasteiger charge is 2.36. The number of rotatable bonds is 5. The lowest BCUT2D eigenvalue weighted by Crippen LogP contribution is -2.36.